The molecular weight excluding hydrogens is 408 g/mol. The molecule has 0 unspecified atom stereocenters. The zero-order chi connectivity index (χ0) is 21.7. The van der Waals surface area contributed by atoms with Gasteiger partial charge in [-0.2, -0.15) is 5.10 Å². The van der Waals surface area contributed by atoms with Crippen molar-refractivity contribution in [3.8, 4) is 5.75 Å². The molecule has 0 bridgehead atoms. The van der Waals surface area contributed by atoms with Gasteiger partial charge < -0.3 is 19.8 Å². The van der Waals surface area contributed by atoms with Gasteiger partial charge in [0.1, 0.15) is 23.8 Å². The standard InChI is InChI=1S/C21H23ClN4O4/c1-13(2)10-23-21(28)19-17(11-24-26(19)3)25-20(27)18-8-7-16(30-18)12-29-15-6-4-5-14(22)9-15/h4-9,11,13H,10,12H2,1-3H3,(H,23,28)(H,25,27). The Morgan fingerprint density at radius 2 is 2.03 bits per heavy atom. The Kier molecular flexibility index (Phi) is 6.79. The van der Waals surface area contributed by atoms with Crippen LogP contribution in [0.25, 0.3) is 0 Å². The van der Waals surface area contributed by atoms with Gasteiger partial charge in [-0.25, -0.2) is 0 Å². The number of rotatable bonds is 8. The molecule has 158 valence electrons. The summed E-state index contributed by atoms with van der Waals surface area (Å²) in [4.78, 5) is 25.0. The first-order chi connectivity index (χ1) is 14.3. The molecule has 30 heavy (non-hydrogen) atoms. The lowest BCUT2D eigenvalue weighted by Gasteiger charge is -2.10. The van der Waals surface area contributed by atoms with Crippen molar-refractivity contribution >= 4 is 29.1 Å². The number of hydrogen-bond acceptors (Lipinski definition) is 5. The zero-order valence-electron chi connectivity index (χ0n) is 16.9. The van der Waals surface area contributed by atoms with Crippen LogP contribution in [0.5, 0.6) is 5.75 Å². The molecule has 9 heteroatoms. The van der Waals surface area contributed by atoms with Crippen molar-refractivity contribution in [2.45, 2.75) is 20.5 Å². The number of aromatic nitrogens is 2. The fraction of sp³-hybridized carbons (Fsp3) is 0.286. The first-order valence-electron chi connectivity index (χ1n) is 9.42. The van der Waals surface area contributed by atoms with Crippen LogP contribution in [-0.2, 0) is 13.7 Å². The molecule has 1 aromatic carbocycles. The highest BCUT2D eigenvalue weighted by Crippen LogP contribution is 2.20. The number of anilines is 1. The van der Waals surface area contributed by atoms with Crippen molar-refractivity contribution < 1.29 is 18.7 Å². The third-order valence-electron chi connectivity index (χ3n) is 4.14. The molecule has 2 N–H and O–H groups in total. The second-order valence-electron chi connectivity index (χ2n) is 7.10. The summed E-state index contributed by atoms with van der Waals surface area (Å²) in [7, 11) is 1.64. The Morgan fingerprint density at radius 3 is 2.77 bits per heavy atom. The number of halogens is 1. The van der Waals surface area contributed by atoms with Crippen molar-refractivity contribution in [3.05, 3.63) is 64.8 Å². The molecule has 3 aromatic rings. The number of ether oxygens (including phenoxy) is 1. The van der Waals surface area contributed by atoms with Crippen molar-refractivity contribution in [2.24, 2.45) is 13.0 Å². The predicted molar refractivity (Wildman–Crippen MR) is 113 cm³/mol. The normalized spacial score (nSPS) is 10.8. The van der Waals surface area contributed by atoms with E-state index in [4.69, 9.17) is 20.8 Å². The fourth-order valence-electron chi connectivity index (χ4n) is 2.65. The molecule has 0 aliphatic rings. The average Bonchev–Trinajstić information content (AvgIpc) is 3.31. The smallest absolute Gasteiger partial charge is 0.291 e. The van der Waals surface area contributed by atoms with Gasteiger partial charge >= 0.3 is 0 Å². The molecule has 2 heterocycles. The molecule has 0 atom stereocenters. The van der Waals surface area contributed by atoms with E-state index >= 15 is 0 Å². The molecule has 0 fully saturated rings. The Hall–Kier alpha value is -3.26. The lowest BCUT2D eigenvalue weighted by atomic mass is 10.2. The van der Waals surface area contributed by atoms with Crippen LogP contribution in [0.15, 0.2) is 47.0 Å². The van der Waals surface area contributed by atoms with Crippen LogP contribution in [0.3, 0.4) is 0 Å². The van der Waals surface area contributed by atoms with E-state index in [1.54, 1.807) is 43.4 Å². The highest BCUT2D eigenvalue weighted by atomic mass is 35.5. The Morgan fingerprint density at radius 1 is 1.23 bits per heavy atom. The van der Waals surface area contributed by atoms with Crippen LogP contribution < -0.4 is 15.4 Å². The molecule has 0 radical (unpaired) electrons. The molecule has 2 amide bonds. The van der Waals surface area contributed by atoms with Gasteiger partial charge in [0.25, 0.3) is 11.8 Å². The van der Waals surface area contributed by atoms with E-state index < -0.39 is 5.91 Å². The first kappa shape index (κ1) is 21.4. The van der Waals surface area contributed by atoms with Gasteiger partial charge in [-0.3, -0.25) is 14.3 Å². The summed E-state index contributed by atoms with van der Waals surface area (Å²) in [5.41, 5.74) is 0.567. The number of carbonyl (C=O) groups excluding carboxylic acids is 2. The van der Waals surface area contributed by atoms with E-state index in [1.807, 2.05) is 13.8 Å². The van der Waals surface area contributed by atoms with Gasteiger partial charge in [0.15, 0.2) is 5.76 Å². The summed E-state index contributed by atoms with van der Waals surface area (Å²) < 4.78 is 12.6. The maximum atomic E-state index is 12.6. The van der Waals surface area contributed by atoms with Crippen LogP contribution in [0.2, 0.25) is 5.02 Å². The molecule has 0 aliphatic carbocycles. The number of benzene rings is 1. The molecule has 0 aliphatic heterocycles. The fourth-order valence-corrected chi connectivity index (χ4v) is 2.83. The van der Waals surface area contributed by atoms with Crippen LogP contribution in [0.4, 0.5) is 5.69 Å². The van der Waals surface area contributed by atoms with Gasteiger partial charge in [-0.05, 0) is 36.2 Å². The lowest BCUT2D eigenvalue weighted by Crippen LogP contribution is -2.30. The second kappa shape index (κ2) is 9.49. The van der Waals surface area contributed by atoms with Crippen molar-refractivity contribution in [1.82, 2.24) is 15.1 Å². The lowest BCUT2D eigenvalue weighted by molar-refractivity contribution is 0.0940. The Bertz CT molecular complexity index is 1040. The number of hydrogen-bond donors (Lipinski definition) is 2. The minimum absolute atomic E-state index is 0.0945. The largest absolute Gasteiger partial charge is 0.486 e. The summed E-state index contributed by atoms with van der Waals surface area (Å²) in [6.45, 7) is 4.66. The topological polar surface area (TPSA) is 98.4 Å². The van der Waals surface area contributed by atoms with Gasteiger partial charge in [0, 0.05) is 18.6 Å². The highest BCUT2D eigenvalue weighted by molar-refractivity contribution is 6.30. The predicted octanol–water partition coefficient (Wildman–Crippen LogP) is 3.88. The van der Waals surface area contributed by atoms with E-state index in [9.17, 15) is 9.59 Å². The summed E-state index contributed by atoms with van der Waals surface area (Å²) in [6.07, 6.45) is 1.42. The maximum absolute atomic E-state index is 12.6. The van der Waals surface area contributed by atoms with E-state index in [1.165, 1.54) is 10.9 Å². The van der Waals surface area contributed by atoms with Crippen molar-refractivity contribution in [3.63, 3.8) is 0 Å². The van der Waals surface area contributed by atoms with Crippen molar-refractivity contribution in [2.75, 3.05) is 11.9 Å². The average molecular weight is 431 g/mol. The minimum Gasteiger partial charge on any atom is -0.486 e. The SMILES string of the molecule is CC(C)CNC(=O)c1c(NC(=O)c2ccc(COc3cccc(Cl)c3)o2)cnn1C. The number of carbonyl (C=O) groups is 2. The Balaban J connectivity index is 1.64. The Labute approximate surface area is 179 Å². The number of furan rings is 1. The van der Waals surface area contributed by atoms with E-state index in [0.717, 1.165) is 0 Å². The van der Waals surface area contributed by atoms with E-state index in [-0.39, 0.29) is 24.0 Å². The summed E-state index contributed by atoms with van der Waals surface area (Å²) in [6, 6.07) is 10.2. The van der Waals surface area contributed by atoms with Crippen molar-refractivity contribution in [1.29, 1.82) is 0 Å². The van der Waals surface area contributed by atoms with Gasteiger partial charge in [-0.1, -0.05) is 31.5 Å². The zero-order valence-corrected chi connectivity index (χ0v) is 17.7. The number of nitrogens with one attached hydrogen (secondary N) is 2. The maximum Gasteiger partial charge on any atom is 0.291 e. The molecular formula is C21H23ClN4O4. The molecule has 0 saturated heterocycles. The van der Waals surface area contributed by atoms with Gasteiger partial charge in [0.05, 0.1) is 11.9 Å². The molecule has 3 rings (SSSR count). The third kappa shape index (κ3) is 5.42. The second-order valence-corrected chi connectivity index (χ2v) is 7.54. The summed E-state index contributed by atoms with van der Waals surface area (Å²) in [5.74, 6) is 0.662. The minimum atomic E-state index is -0.491. The number of amides is 2. The van der Waals surface area contributed by atoms with Crippen LogP contribution >= 0.6 is 11.6 Å². The van der Waals surface area contributed by atoms with E-state index in [2.05, 4.69) is 15.7 Å². The van der Waals surface area contributed by atoms with Crippen LogP contribution in [0, 0.1) is 5.92 Å². The first-order valence-corrected chi connectivity index (χ1v) is 9.80. The van der Waals surface area contributed by atoms with Gasteiger partial charge in [0.2, 0.25) is 0 Å². The van der Waals surface area contributed by atoms with Gasteiger partial charge in [-0.15, -0.1) is 0 Å². The molecule has 0 spiro atoms. The van der Waals surface area contributed by atoms with Crippen LogP contribution in [-0.4, -0.2) is 28.1 Å². The highest BCUT2D eigenvalue weighted by Gasteiger charge is 2.20. The quantitative estimate of drug-likeness (QED) is 0.565. The molecule has 0 saturated carbocycles. The number of aryl methyl sites for hydroxylation is 1. The summed E-state index contributed by atoms with van der Waals surface area (Å²) >= 11 is 5.93. The molecule has 8 nitrogen and oxygen atoms in total. The van der Waals surface area contributed by atoms with Crippen LogP contribution in [0.1, 0.15) is 40.7 Å². The summed E-state index contributed by atoms with van der Waals surface area (Å²) in [5, 5.41) is 10.1. The monoisotopic (exact) mass is 430 g/mol. The molecule has 2 aromatic heterocycles. The number of nitrogens with zero attached hydrogens (tertiary/aromatic N) is 2. The van der Waals surface area contributed by atoms with E-state index in [0.29, 0.717) is 34.7 Å². The third-order valence-corrected chi connectivity index (χ3v) is 4.37.